The number of benzene rings is 1. The number of carbonyl (C=O) groups is 1. The molecule has 0 aliphatic carbocycles. The number of carbonyl (C=O) groups excluding carboxylic acids is 1. The summed E-state index contributed by atoms with van der Waals surface area (Å²) in [4.78, 5) is 11.5. The van der Waals surface area contributed by atoms with Gasteiger partial charge in [0.05, 0.1) is 6.61 Å². The van der Waals surface area contributed by atoms with Crippen LogP contribution < -0.4 is 5.32 Å². The summed E-state index contributed by atoms with van der Waals surface area (Å²) in [7, 11) is 0. The number of hydrogen-bond donors (Lipinski definition) is 1. The van der Waals surface area contributed by atoms with Crippen LogP contribution in [0.25, 0.3) is 0 Å². The van der Waals surface area contributed by atoms with Crippen molar-refractivity contribution in [1.29, 1.82) is 0 Å². The van der Waals surface area contributed by atoms with Crippen LogP contribution in [0.3, 0.4) is 0 Å². The van der Waals surface area contributed by atoms with Crippen LogP contribution in [-0.2, 0) is 4.74 Å². The van der Waals surface area contributed by atoms with E-state index in [1.807, 2.05) is 0 Å². The number of nitrogens with one attached hydrogen (secondary N) is 1. The van der Waals surface area contributed by atoms with E-state index in [2.05, 4.69) is 26.1 Å². The summed E-state index contributed by atoms with van der Waals surface area (Å²) in [6.45, 7) is 6.69. The zero-order valence-corrected chi connectivity index (χ0v) is 11.1. The van der Waals surface area contributed by atoms with E-state index in [1.165, 1.54) is 24.3 Å². The van der Waals surface area contributed by atoms with E-state index in [-0.39, 0.29) is 5.82 Å². The topological polar surface area (TPSA) is 38.3 Å². The fourth-order valence-electron chi connectivity index (χ4n) is 1.46. The summed E-state index contributed by atoms with van der Waals surface area (Å²) in [5.41, 5.74) is 0.526. The lowest BCUT2D eigenvalue weighted by molar-refractivity contribution is 0.129. The molecule has 0 aromatic heterocycles. The van der Waals surface area contributed by atoms with Crippen LogP contribution in [0.2, 0.25) is 0 Å². The zero-order chi connectivity index (χ0) is 13.5. The minimum absolute atomic E-state index is 0.328. The van der Waals surface area contributed by atoms with Gasteiger partial charge in [0.15, 0.2) is 0 Å². The van der Waals surface area contributed by atoms with Gasteiger partial charge in [-0.1, -0.05) is 27.2 Å². The molecule has 0 saturated heterocycles. The summed E-state index contributed by atoms with van der Waals surface area (Å²) in [6.07, 6.45) is 0.557. The molecule has 4 heteroatoms. The van der Waals surface area contributed by atoms with Crippen molar-refractivity contribution in [2.24, 2.45) is 11.8 Å². The normalized spacial score (nSPS) is 13.8. The van der Waals surface area contributed by atoms with E-state index < -0.39 is 6.09 Å². The zero-order valence-electron chi connectivity index (χ0n) is 11.1. The van der Waals surface area contributed by atoms with Crippen LogP contribution >= 0.6 is 0 Å². The smallest absolute Gasteiger partial charge is 0.411 e. The molecule has 0 heterocycles. The Balaban J connectivity index is 2.36. The second-order valence-electron chi connectivity index (χ2n) is 4.59. The maximum Gasteiger partial charge on any atom is 0.411 e. The first-order valence-electron chi connectivity index (χ1n) is 6.22. The van der Waals surface area contributed by atoms with E-state index in [4.69, 9.17) is 4.74 Å². The number of rotatable bonds is 5. The van der Waals surface area contributed by atoms with Crippen molar-refractivity contribution in [3.8, 4) is 0 Å². The maximum atomic E-state index is 12.7. The van der Waals surface area contributed by atoms with E-state index in [9.17, 15) is 9.18 Å². The molecule has 0 fully saturated rings. The Morgan fingerprint density at radius 3 is 2.44 bits per heavy atom. The highest BCUT2D eigenvalue weighted by Gasteiger charge is 2.12. The first-order chi connectivity index (χ1) is 8.52. The highest BCUT2D eigenvalue weighted by molar-refractivity contribution is 5.84. The van der Waals surface area contributed by atoms with Gasteiger partial charge in [-0.3, -0.25) is 5.32 Å². The molecule has 1 aromatic carbocycles. The lowest BCUT2D eigenvalue weighted by Gasteiger charge is -2.18. The number of halogens is 1. The Morgan fingerprint density at radius 1 is 1.28 bits per heavy atom. The molecule has 1 N–H and O–H groups in total. The van der Waals surface area contributed by atoms with Gasteiger partial charge in [-0.05, 0) is 36.1 Å². The van der Waals surface area contributed by atoms with Gasteiger partial charge in [0.1, 0.15) is 5.82 Å². The Bertz CT molecular complexity index is 378. The summed E-state index contributed by atoms with van der Waals surface area (Å²) in [5.74, 6) is 0.511. The van der Waals surface area contributed by atoms with Gasteiger partial charge in [0.25, 0.3) is 0 Å². The summed E-state index contributed by atoms with van der Waals surface area (Å²) < 4.78 is 17.8. The van der Waals surface area contributed by atoms with Crippen LogP contribution in [0.4, 0.5) is 14.9 Å². The molecule has 1 rings (SSSR count). The van der Waals surface area contributed by atoms with Crippen LogP contribution in [0.5, 0.6) is 0 Å². The molecule has 2 atom stereocenters. The molecule has 0 saturated carbocycles. The highest BCUT2D eigenvalue weighted by Crippen LogP contribution is 2.15. The van der Waals surface area contributed by atoms with Crippen molar-refractivity contribution in [3.05, 3.63) is 30.1 Å². The molecule has 0 aliphatic rings. The Hall–Kier alpha value is -1.58. The Labute approximate surface area is 107 Å². The van der Waals surface area contributed by atoms with E-state index in [0.29, 0.717) is 24.1 Å². The Morgan fingerprint density at radius 2 is 1.89 bits per heavy atom. The van der Waals surface area contributed by atoms with Crippen molar-refractivity contribution in [2.75, 3.05) is 11.9 Å². The average molecular weight is 253 g/mol. The molecule has 1 aromatic rings. The SMILES string of the molecule is CCC(C)C(C)COC(=O)Nc1ccc(F)cc1. The number of hydrogen-bond acceptors (Lipinski definition) is 2. The largest absolute Gasteiger partial charge is 0.449 e. The second kappa shape index (κ2) is 6.99. The molecule has 3 nitrogen and oxygen atoms in total. The lowest BCUT2D eigenvalue weighted by atomic mass is 9.95. The summed E-state index contributed by atoms with van der Waals surface area (Å²) in [5, 5.41) is 2.55. The first-order valence-corrected chi connectivity index (χ1v) is 6.22. The van der Waals surface area contributed by atoms with Crippen molar-refractivity contribution < 1.29 is 13.9 Å². The van der Waals surface area contributed by atoms with Crippen molar-refractivity contribution in [1.82, 2.24) is 0 Å². The van der Waals surface area contributed by atoms with E-state index in [1.54, 1.807) is 0 Å². The van der Waals surface area contributed by atoms with Gasteiger partial charge in [-0.2, -0.15) is 0 Å². The molecular weight excluding hydrogens is 233 g/mol. The van der Waals surface area contributed by atoms with E-state index >= 15 is 0 Å². The predicted octanol–water partition coefficient (Wildman–Crippen LogP) is 4.06. The lowest BCUT2D eigenvalue weighted by Crippen LogP contribution is -2.20. The minimum Gasteiger partial charge on any atom is -0.449 e. The summed E-state index contributed by atoms with van der Waals surface area (Å²) >= 11 is 0. The van der Waals surface area contributed by atoms with Gasteiger partial charge in [0.2, 0.25) is 0 Å². The molecule has 18 heavy (non-hydrogen) atoms. The molecule has 2 unspecified atom stereocenters. The van der Waals surface area contributed by atoms with Gasteiger partial charge in [-0.25, -0.2) is 9.18 Å². The quantitative estimate of drug-likeness (QED) is 0.859. The maximum absolute atomic E-state index is 12.7. The standard InChI is InChI=1S/C14H20FNO2/c1-4-10(2)11(3)9-18-14(17)16-13-7-5-12(15)6-8-13/h5-8,10-11H,4,9H2,1-3H3,(H,16,17). The van der Waals surface area contributed by atoms with Crippen molar-refractivity contribution in [2.45, 2.75) is 27.2 Å². The molecule has 0 radical (unpaired) electrons. The average Bonchev–Trinajstić information content (AvgIpc) is 2.37. The first kappa shape index (κ1) is 14.5. The third kappa shape index (κ3) is 4.73. The second-order valence-corrected chi connectivity index (χ2v) is 4.59. The fourth-order valence-corrected chi connectivity index (χ4v) is 1.46. The minimum atomic E-state index is -0.503. The number of ether oxygens (including phenoxy) is 1. The Kier molecular flexibility index (Phi) is 5.62. The van der Waals surface area contributed by atoms with Crippen LogP contribution in [0.1, 0.15) is 27.2 Å². The fraction of sp³-hybridized carbons (Fsp3) is 0.500. The third-order valence-electron chi connectivity index (χ3n) is 3.18. The monoisotopic (exact) mass is 253 g/mol. The van der Waals surface area contributed by atoms with Crippen LogP contribution in [-0.4, -0.2) is 12.7 Å². The molecule has 0 bridgehead atoms. The molecule has 0 spiro atoms. The number of anilines is 1. The van der Waals surface area contributed by atoms with Crippen molar-refractivity contribution in [3.63, 3.8) is 0 Å². The predicted molar refractivity (Wildman–Crippen MR) is 70.0 cm³/mol. The van der Waals surface area contributed by atoms with E-state index in [0.717, 1.165) is 6.42 Å². The van der Waals surface area contributed by atoms with Gasteiger partial charge < -0.3 is 4.74 Å². The van der Waals surface area contributed by atoms with Gasteiger partial charge in [-0.15, -0.1) is 0 Å². The molecule has 100 valence electrons. The van der Waals surface area contributed by atoms with Crippen LogP contribution in [0.15, 0.2) is 24.3 Å². The molecular formula is C14H20FNO2. The molecule has 0 aliphatic heterocycles. The molecule has 1 amide bonds. The highest BCUT2D eigenvalue weighted by atomic mass is 19.1. The number of amides is 1. The van der Waals surface area contributed by atoms with Gasteiger partial charge in [0, 0.05) is 5.69 Å². The summed E-state index contributed by atoms with van der Waals surface area (Å²) in [6, 6.07) is 5.57. The van der Waals surface area contributed by atoms with Gasteiger partial charge >= 0.3 is 6.09 Å². The third-order valence-corrected chi connectivity index (χ3v) is 3.18. The van der Waals surface area contributed by atoms with Crippen LogP contribution in [0, 0.1) is 17.7 Å². The van der Waals surface area contributed by atoms with Crippen molar-refractivity contribution >= 4 is 11.8 Å².